The van der Waals surface area contributed by atoms with Crippen LogP contribution in [0.2, 0.25) is 0 Å². The molecule has 0 fully saturated rings. The van der Waals surface area contributed by atoms with Gasteiger partial charge in [0.05, 0.1) is 6.17 Å². The molecule has 0 aliphatic heterocycles. The largest absolute Gasteiger partial charge is 0.344 e. The van der Waals surface area contributed by atoms with Gasteiger partial charge in [0.2, 0.25) is 0 Å². The smallest absolute Gasteiger partial charge is 0.0520 e. The lowest BCUT2D eigenvalue weighted by Gasteiger charge is -1.97. The number of hydrogen-bond acceptors (Lipinski definition) is 3. The summed E-state index contributed by atoms with van der Waals surface area (Å²) in [5.41, 5.74) is 10.4. The van der Waals surface area contributed by atoms with Crippen molar-refractivity contribution in [1.29, 1.82) is 0 Å². The Bertz CT molecular complexity index is 28.1. The summed E-state index contributed by atoms with van der Waals surface area (Å²) in [6.45, 7) is 2.06. The van der Waals surface area contributed by atoms with Crippen LogP contribution >= 0.6 is 0 Å². The number of nitrogens with two attached hydrogens (primary N) is 2. The van der Waals surface area contributed by atoms with Gasteiger partial charge in [-0.05, 0) is 6.42 Å². The molecule has 0 aliphatic carbocycles. The molecule has 0 aliphatic rings. The highest BCUT2D eigenvalue weighted by Crippen LogP contribution is 1.82. The lowest BCUT2D eigenvalue weighted by molar-refractivity contribution is 0.627. The molecule has 7 heavy (non-hydrogen) atoms. The second-order valence-electron chi connectivity index (χ2n) is 1.45. The minimum atomic E-state index is -0.102. The molecule has 0 radical (unpaired) electrons. The van der Waals surface area contributed by atoms with Crippen LogP contribution in [-0.2, 0) is 0 Å². The molecule has 0 heterocycles. The molecule has 7 N–H and O–H groups in total. The molecule has 0 aromatic heterocycles. The monoisotopic (exact) mass is 105 g/mol. The van der Waals surface area contributed by atoms with E-state index in [1.54, 1.807) is 0 Å². The van der Waals surface area contributed by atoms with Gasteiger partial charge in [0.1, 0.15) is 0 Å². The van der Waals surface area contributed by atoms with Gasteiger partial charge >= 0.3 is 0 Å². The summed E-state index contributed by atoms with van der Waals surface area (Å²) in [6.07, 6.45) is 1.91. The lowest BCUT2D eigenvalue weighted by Crippen LogP contribution is -2.29. The van der Waals surface area contributed by atoms with Crippen molar-refractivity contribution in [3.63, 3.8) is 0 Å². The predicted octanol–water partition coefficient (Wildman–Crippen LogP) is 0.192. The highest BCUT2D eigenvalue weighted by molar-refractivity contribution is 4.45. The molecule has 0 spiro atoms. The maximum atomic E-state index is 5.18. The Hall–Kier alpha value is -0.120. The van der Waals surface area contributed by atoms with Gasteiger partial charge in [0, 0.05) is 0 Å². The van der Waals surface area contributed by atoms with Crippen molar-refractivity contribution in [2.45, 2.75) is 25.9 Å². The summed E-state index contributed by atoms with van der Waals surface area (Å²) in [5, 5.41) is 0. The van der Waals surface area contributed by atoms with Gasteiger partial charge in [-0.2, -0.15) is 0 Å². The van der Waals surface area contributed by atoms with E-state index in [9.17, 15) is 0 Å². The van der Waals surface area contributed by atoms with E-state index in [0.717, 1.165) is 12.8 Å². The van der Waals surface area contributed by atoms with Gasteiger partial charge in [-0.1, -0.05) is 13.3 Å². The van der Waals surface area contributed by atoms with Gasteiger partial charge in [0.15, 0.2) is 0 Å². The van der Waals surface area contributed by atoms with Gasteiger partial charge < -0.3 is 17.6 Å². The molecule has 3 heteroatoms. The van der Waals surface area contributed by atoms with E-state index in [2.05, 4.69) is 6.92 Å². The Balaban J connectivity index is 0. The van der Waals surface area contributed by atoms with E-state index in [1.165, 1.54) is 0 Å². The van der Waals surface area contributed by atoms with Crippen LogP contribution in [-0.4, -0.2) is 6.17 Å². The van der Waals surface area contributed by atoms with Crippen molar-refractivity contribution >= 4 is 0 Å². The quantitative estimate of drug-likeness (QED) is 0.438. The fourth-order valence-corrected chi connectivity index (χ4v) is 0.333. The Labute approximate surface area is 44.6 Å². The molecule has 0 unspecified atom stereocenters. The first kappa shape index (κ1) is 9.99. The summed E-state index contributed by atoms with van der Waals surface area (Å²) in [5.74, 6) is 0. The van der Waals surface area contributed by atoms with Crippen molar-refractivity contribution in [2.75, 3.05) is 0 Å². The van der Waals surface area contributed by atoms with Crippen LogP contribution in [0.3, 0.4) is 0 Å². The topological polar surface area (TPSA) is 87.0 Å². The summed E-state index contributed by atoms with van der Waals surface area (Å²) < 4.78 is 0. The van der Waals surface area contributed by atoms with Gasteiger partial charge in [0.25, 0.3) is 0 Å². The minimum absolute atomic E-state index is 0. The van der Waals surface area contributed by atoms with Crippen LogP contribution in [0.1, 0.15) is 19.8 Å². The SMILES string of the molecule is CCCC(N)N.N. The Morgan fingerprint density at radius 1 is 1.43 bits per heavy atom. The molecule has 0 bridgehead atoms. The van der Waals surface area contributed by atoms with Gasteiger partial charge in [-0.3, -0.25) is 0 Å². The number of rotatable bonds is 2. The standard InChI is InChI=1S/C4H12N2.H3N/c1-2-3-4(5)6;/h4H,2-3,5-6H2,1H3;1H3. The second kappa shape index (κ2) is 5.88. The first-order chi connectivity index (χ1) is 2.77. The second-order valence-corrected chi connectivity index (χ2v) is 1.45. The van der Waals surface area contributed by atoms with Crippen LogP contribution in [0.4, 0.5) is 0 Å². The third kappa shape index (κ3) is 10.7. The normalized spacial score (nSPS) is 8.57. The number of hydrogen-bond donors (Lipinski definition) is 3. The van der Waals surface area contributed by atoms with Crippen molar-refractivity contribution in [3.05, 3.63) is 0 Å². The molecule has 0 saturated heterocycles. The molecule has 0 atom stereocenters. The lowest BCUT2D eigenvalue weighted by atomic mass is 10.3. The van der Waals surface area contributed by atoms with E-state index < -0.39 is 0 Å². The third-order valence-corrected chi connectivity index (χ3v) is 0.622. The first-order valence-electron chi connectivity index (χ1n) is 2.28. The molecular formula is C4H15N3. The molecular weight excluding hydrogens is 90.1 g/mol. The van der Waals surface area contributed by atoms with Crippen molar-refractivity contribution < 1.29 is 0 Å². The summed E-state index contributed by atoms with van der Waals surface area (Å²) in [7, 11) is 0. The zero-order valence-corrected chi connectivity index (χ0v) is 4.85. The maximum Gasteiger partial charge on any atom is 0.0520 e. The van der Waals surface area contributed by atoms with Crippen molar-refractivity contribution in [1.82, 2.24) is 6.15 Å². The molecule has 46 valence electrons. The fourth-order valence-electron chi connectivity index (χ4n) is 0.333. The summed E-state index contributed by atoms with van der Waals surface area (Å²) in [6, 6.07) is 0. The van der Waals surface area contributed by atoms with Gasteiger partial charge in [-0.25, -0.2) is 0 Å². The van der Waals surface area contributed by atoms with Crippen LogP contribution in [0.15, 0.2) is 0 Å². The summed E-state index contributed by atoms with van der Waals surface area (Å²) >= 11 is 0. The zero-order valence-electron chi connectivity index (χ0n) is 4.85. The Kier molecular flexibility index (Phi) is 8.39. The summed E-state index contributed by atoms with van der Waals surface area (Å²) in [4.78, 5) is 0. The first-order valence-corrected chi connectivity index (χ1v) is 2.28. The molecule has 0 aromatic rings. The predicted molar refractivity (Wildman–Crippen MR) is 32.1 cm³/mol. The van der Waals surface area contributed by atoms with E-state index in [-0.39, 0.29) is 12.3 Å². The van der Waals surface area contributed by atoms with E-state index >= 15 is 0 Å². The van der Waals surface area contributed by atoms with Crippen LogP contribution in [0, 0.1) is 0 Å². The average Bonchev–Trinajstić information content (AvgIpc) is 1.35. The maximum absolute atomic E-state index is 5.18. The highest BCUT2D eigenvalue weighted by Gasteiger charge is 1.85. The van der Waals surface area contributed by atoms with Crippen LogP contribution in [0.5, 0.6) is 0 Å². The highest BCUT2D eigenvalue weighted by atomic mass is 14.8. The Morgan fingerprint density at radius 3 is 1.86 bits per heavy atom. The molecule has 0 rings (SSSR count). The zero-order chi connectivity index (χ0) is 4.99. The van der Waals surface area contributed by atoms with E-state index in [0.29, 0.717) is 0 Å². The fraction of sp³-hybridized carbons (Fsp3) is 1.00. The molecule has 0 aromatic carbocycles. The van der Waals surface area contributed by atoms with Crippen molar-refractivity contribution in [3.8, 4) is 0 Å². The molecule has 3 nitrogen and oxygen atoms in total. The van der Waals surface area contributed by atoms with Crippen molar-refractivity contribution in [2.24, 2.45) is 11.5 Å². The minimum Gasteiger partial charge on any atom is -0.344 e. The third-order valence-electron chi connectivity index (χ3n) is 0.622. The van der Waals surface area contributed by atoms with Crippen LogP contribution < -0.4 is 17.6 Å². The van der Waals surface area contributed by atoms with Gasteiger partial charge in [-0.15, -0.1) is 0 Å². The molecule has 0 amide bonds. The van der Waals surface area contributed by atoms with Crippen LogP contribution in [0.25, 0.3) is 0 Å². The Morgan fingerprint density at radius 2 is 1.86 bits per heavy atom. The van der Waals surface area contributed by atoms with E-state index in [4.69, 9.17) is 11.5 Å². The average molecular weight is 105 g/mol. The molecule has 0 saturated carbocycles. The van der Waals surface area contributed by atoms with E-state index in [1.807, 2.05) is 0 Å².